The van der Waals surface area contributed by atoms with Crippen molar-refractivity contribution in [3.63, 3.8) is 0 Å². The highest BCUT2D eigenvalue weighted by Gasteiger charge is 2.31. The largest absolute Gasteiger partial charge is 0.573 e. The third kappa shape index (κ3) is 5.85. The smallest absolute Gasteiger partial charge is 0.406 e. The predicted octanol–water partition coefficient (Wildman–Crippen LogP) is 5.76. The summed E-state index contributed by atoms with van der Waals surface area (Å²) in [5, 5.41) is 0. The van der Waals surface area contributed by atoms with Crippen molar-refractivity contribution >= 4 is 0 Å². The molecule has 0 bridgehead atoms. The van der Waals surface area contributed by atoms with Crippen LogP contribution in [0.5, 0.6) is 5.75 Å². The first-order valence-electron chi connectivity index (χ1n) is 6.84. The minimum absolute atomic E-state index is 0.167. The molecule has 0 aliphatic carbocycles. The van der Waals surface area contributed by atoms with Crippen LogP contribution in [0.2, 0.25) is 0 Å². The van der Waals surface area contributed by atoms with E-state index in [2.05, 4.69) is 39.4 Å². The molecule has 0 spiro atoms. The normalized spacial score (nSPS) is 14.4. The highest BCUT2D eigenvalue weighted by atomic mass is 19.4. The Morgan fingerprint density at radius 3 is 1.85 bits per heavy atom. The van der Waals surface area contributed by atoms with E-state index in [0.717, 1.165) is 12.0 Å². The van der Waals surface area contributed by atoms with Gasteiger partial charge in [0.25, 0.3) is 0 Å². The van der Waals surface area contributed by atoms with Crippen LogP contribution in [0, 0.1) is 11.3 Å². The van der Waals surface area contributed by atoms with Crippen LogP contribution >= 0.6 is 0 Å². The number of halogens is 3. The summed E-state index contributed by atoms with van der Waals surface area (Å²) in [6, 6.07) is 6.25. The molecule has 0 saturated carbocycles. The summed E-state index contributed by atoms with van der Waals surface area (Å²) in [5.74, 6) is 0.595. The van der Waals surface area contributed by atoms with Crippen molar-refractivity contribution in [1.29, 1.82) is 0 Å². The van der Waals surface area contributed by atoms with E-state index in [4.69, 9.17) is 0 Å². The Bertz CT molecular complexity index is 413. The second-order valence-corrected chi connectivity index (χ2v) is 6.73. The molecule has 0 aliphatic rings. The topological polar surface area (TPSA) is 9.23 Å². The number of rotatable bonds is 4. The summed E-state index contributed by atoms with van der Waals surface area (Å²) in [6.45, 7) is 10.8. The van der Waals surface area contributed by atoms with Crippen LogP contribution in [0.1, 0.15) is 52.5 Å². The SMILES string of the molecule is CC(C)C(CC(C)(C)C)c1ccc(OC(F)(F)F)cc1. The average molecular weight is 288 g/mol. The van der Waals surface area contributed by atoms with E-state index in [1.807, 2.05) is 0 Å². The van der Waals surface area contributed by atoms with Gasteiger partial charge in [0.1, 0.15) is 5.75 Å². The first-order chi connectivity index (χ1) is 8.98. The van der Waals surface area contributed by atoms with Gasteiger partial charge in [-0.05, 0) is 41.4 Å². The van der Waals surface area contributed by atoms with E-state index in [9.17, 15) is 13.2 Å². The van der Waals surface area contributed by atoms with E-state index >= 15 is 0 Å². The minimum atomic E-state index is -4.63. The lowest BCUT2D eigenvalue weighted by atomic mass is 9.76. The highest BCUT2D eigenvalue weighted by molar-refractivity contribution is 5.30. The maximum atomic E-state index is 12.1. The molecule has 1 rings (SSSR count). The molecule has 0 fully saturated rings. The van der Waals surface area contributed by atoms with Crippen LogP contribution < -0.4 is 4.74 Å². The molecule has 1 aromatic rings. The molecule has 0 heterocycles. The third-order valence-electron chi connectivity index (χ3n) is 3.18. The van der Waals surface area contributed by atoms with E-state index in [1.165, 1.54) is 12.1 Å². The molecule has 1 aromatic carbocycles. The van der Waals surface area contributed by atoms with Crippen molar-refractivity contribution in [3.05, 3.63) is 29.8 Å². The minimum Gasteiger partial charge on any atom is -0.406 e. The Labute approximate surface area is 119 Å². The van der Waals surface area contributed by atoms with Crippen molar-refractivity contribution in [1.82, 2.24) is 0 Å². The summed E-state index contributed by atoms with van der Waals surface area (Å²) in [6.07, 6.45) is -3.64. The Morgan fingerprint density at radius 2 is 1.50 bits per heavy atom. The van der Waals surface area contributed by atoms with Gasteiger partial charge in [-0.15, -0.1) is 13.2 Å². The van der Waals surface area contributed by atoms with E-state index in [1.54, 1.807) is 12.1 Å². The lowest BCUT2D eigenvalue weighted by molar-refractivity contribution is -0.274. The second kappa shape index (κ2) is 6.06. The molecule has 1 unspecified atom stereocenters. The molecule has 0 N–H and O–H groups in total. The van der Waals surface area contributed by atoms with Gasteiger partial charge in [-0.3, -0.25) is 0 Å². The number of alkyl halides is 3. The van der Waals surface area contributed by atoms with Crippen molar-refractivity contribution in [2.24, 2.45) is 11.3 Å². The molecular formula is C16H23F3O. The zero-order chi connectivity index (χ0) is 15.6. The van der Waals surface area contributed by atoms with Crippen LogP contribution in [0.4, 0.5) is 13.2 Å². The number of benzene rings is 1. The Balaban J connectivity index is 2.89. The molecule has 20 heavy (non-hydrogen) atoms. The van der Waals surface area contributed by atoms with Gasteiger partial charge in [-0.1, -0.05) is 46.8 Å². The monoisotopic (exact) mass is 288 g/mol. The van der Waals surface area contributed by atoms with Gasteiger partial charge in [0.15, 0.2) is 0 Å². The van der Waals surface area contributed by atoms with Crippen molar-refractivity contribution in [2.45, 2.75) is 53.3 Å². The first kappa shape index (κ1) is 16.9. The standard InChI is InChI=1S/C16H23F3O/c1-11(2)14(10-15(3,4)5)12-6-8-13(9-7-12)20-16(17,18)19/h6-9,11,14H,10H2,1-5H3. The molecule has 0 saturated heterocycles. The number of ether oxygens (including phenoxy) is 1. The van der Waals surface area contributed by atoms with Crippen LogP contribution in [0.25, 0.3) is 0 Å². The van der Waals surface area contributed by atoms with Gasteiger partial charge in [-0.2, -0.15) is 0 Å². The van der Waals surface area contributed by atoms with Crippen molar-refractivity contribution < 1.29 is 17.9 Å². The molecule has 114 valence electrons. The van der Waals surface area contributed by atoms with Crippen LogP contribution in [-0.2, 0) is 0 Å². The Morgan fingerprint density at radius 1 is 1.00 bits per heavy atom. The van der Waals surface area contributed by atoms with Crippen molar-refractivity contribution in [3.8, 4) is 5.75 Å². The molecule has 1 atom stereocenters. The molecule has 0 radical (unpaired) electrons. The van der Waals surface area contributed by atoms with Gasteiger partial charge in [0.05, 0.1) is 0 Å². The maximum Gasteiger partial charge on any atom is 0.573 e. The quantitative estimate of drug-likeness (QED) is 0.684. The lowest BCUT2D eigenvalue weighted by Crippen LogP contribution is -2.18. The Kier molecular flexibility index (Phi) is 5.11. The lowest BCUT2D eigenvalue weighted by Gasteiger charge is -2.29. The maximum absolute atomic E-state index is 12.1. The first-order valence-corrected chi connectivity index (χ1v) is 6.84. The van der Waals surface area contributed by atoms with Gasteiger partial charge in [-0.25, -0.2) is 0 Å². The van der Waals surface area contributed by atoms with E-state index in [0.29, 0.717) is 11.8 Å². The zero-order valence-electron chi connectivity index (χ0n) is 12.7. The van der Waals surface area contributed by atoms with Crippen LogP contribution in [0.15, 0.2) is 24.3 Å². The summed E-state index contributed by atoms with van der Waals surface area (Å²) >= 11 is 0. The Hall–Kier alpha value is -1.19. The summed E-state index contributed by atoms with van der Waals surface area (Å²) < 4.78 is 40.3. The summed E-state index contributed by atoms with van der Waals surface area (Å²) in [5.41, 5.74) is 1.24. The summed E-state index contributed by atoms with van der Waals surface area (Å²) in [7, 11) is 0. The van der Waals surface area contributed by atoms with Crippen molar-refractivity contribution in [2.75, 3.05) is 0 Å². The fraction of sp³-hybridized carbons (Fsp3) is 0.625. The van der Waals surface area contributed by atoms with E-state index in [-0.39, 0.29) is 11.2 Å². The molecular weight excluding hydrogens is 265 g/mol. The second-order valence-electron chi connectivity index (χ2n) is 6.73. The summed E-state index contributed by atoms with van der Waals surface area (Å²) in [4.78, 5) is 0. The van der Waals surface area contributed by atoms with Gasteiger partial charge < -0.3 is 4.74 Å². The number of hydrogen-bond donors (Lipinski definition) is 0. The van der Waals surface area contributed by atoms with Gasteiger partial charge in [0.2, 0.25) is 0 Å². The van der Waals surface area contributed by atoms with E-state index < -0.39 is 6.36 Å². The third-order valence-corrected chi connectivity index (χ3v) is 3.18. The zero-order valence-corrected chi connectivity index (χ0v) is 12.7. The molecule has 0 amide bonds. The fourth-order valence-corrected chi connectivity index (χ4v) is 2.31. The number of hydrogen-bond acceptors (Lipinski definition) is 1. The fourth-order valence-electron chi connectivity index (χ4n) is 2.31. The van der Waals surface area contributed by atoms with Crippen LogP contribution in [-0.4, -0.2) is 6.36 Å². The molecule has 4 heteroatoms. The predicted molar refractivity (Wildman–Crippen MR) is 74.8 cm³/mol. The molecule has 0 aliphatic heterocycles. The van der Waals surface area contributed by atoms with Gasteiger partial charge in [0, 0.05) is 0 Å². The molecule has 0 aromatic heterocycles. The van der Waals surface area contributed by atoms with Crippen LogP contribution in [0.3, 0.4) is 0 Å². The van der Waals surface area contributed by atoms with Gasteiger partial charge >= 0.3 is 6.36 Å². The molecule has 1 nitrogen and oxygen atoms in total. The average Bonchev–Trinajstić information content (AvgIpc) is 2.23. The highest BCUT2D eigenvalue weighted by Crippen LogP contribution is 2.37.